The highest BCUT2D eigenvalue weighted by molar-refractivity contribution is 5.70. The first-order chi connectivity index (χ1) is 24.1. The summed E-state index contributed by atoms with van der Waals surface area (Å²) in [5, 5.41) is 11.6. The molecule has 0 radical (unpaired) electrons. The molecule has 2 atom stereocenters. The van der Waals surface area contributed by atoms with Crippen molar-refractivity contribution in [2.24, 2.45) is 0 Å². The van der Waals surface area contributed by atoms with Gasteiger partial charge in [0.25, 0.3) is 0 Å². The fraction of sp³-hybridized carbons (Fsp3) is 0.738. The molecule has 0 N–H and O–H groups in total. The number of esters is 2. The number of hydrogen-bond acceptors (Lipinski definition) is 7. The van der Waals surface area contributed by atoms with Gasteiger partial charge in [-0.3, -0.25) is 9.59 Å². The lowest BCUT2D eigenvalue weighted by atomic mass is 10.1. The van der Waals surface area contributed by atoms with Crippen molar-refractivity contribution in [2.45, 2.75) is 161 Å². The summed E-state index contributed by atoms with van der Waals surface area (Å²) in [6.07, 6.45) is 37.2. The van der Waals surface area contributed by atoms with Crippen LogP contribution in [0, 0.1) is 0 Å². The molecule has 288 valence electrons. The van der Waals surface area contributed by atoms with Gasteiger partial charge in [-0.1, -0.05) is 114 Å². The Kier molecular flexibility index (Phi) is 31.6. The molecular weight excluding hydrogens is 630 g/mol. The highest BCUT2D eigenvalue weighted by Crippen LogP contribution is 2.12. The Hall–Kier alpha value is -2.71. The summed E-state index contributed by atoms with van der Waals surface area (Å²) < 4.78 is 17.0. The van der Waals surface area contributed by atoms with E-state index in [0.717, 1.165) is 44.9 Å². The smallest absolute Gasteiger partial charge is 0.306 e. The van der Waals surface area contributed by atoms with Crippen molar-refractivity contribution in [1.82, 2.24) is 0 Å². The summed E-state index contributed by atoms with van der Waals surface area (Å²) in [7, 11) is 5.37. The third-order valence-corrected chi connectivity index (χ3v) is 8.45. The van der Waals surface area contributed by atoms with Gasteiger partial charge in [-0.25, -0.2) is 0 Å². The molecule has 8 nitrogen and oxygen atoms in total. The van der Waals surface area contributed by atoms with Crippen LogP contribution in [0.15, 0.2) is 48.6 Å². The monoisotopic (exact) mass is 704 g/mol. The number of ether oxygens (including phenoxy) is 3. The first kappa shape index (κ1) is 47.3. The first-order valence-electron chi connectivity index (χ1n) is 19.7. The summed E-state index contributed by atoms with van der Waals surface area (Å²) in [5.41, 5.74) is 0. The van der Waals surface area contributed by atoms with Crippen molar-refractivity contribution in [3.63, 3.8) is 0 Å². The second-order valence-electron chi connectivity index (χ2n) is 14.1. The SMILES string of the molecule is CC/C=C/C/C=C/C/C=C/CCCC(=O)OC(COCCC(C(=O)[O-])[N+](C)(C)C)COC(=O)CCCCCCCCC/C=C/CCCCCC. The molecule has 0 bridgehead atoms. The second kappa shape index (κ2) is 33.4. The number of quaternary nitrogens is 1. The predicted octanol–water partition coefficient (Wildman–Crippen LogP) is 8.74. The molecule has 0 aliphatic rings. The van der Waals surface area contributed by atoms with Gasteiger partial charge in [-0.05, 0) is 64.2 Å². The van der Waals surface area contributed by atoms with Crippen LogP contribution in [0.5, 0.6) is 0 Å². The molecule has 0 aliphatic heterocycles. The van der Waals surface area contributed by atoms with Crippen LogP contribution in [-0.2, 0) is 28.6 Å². The standard InChI is InChI=1S/C42H73NO7/c1-6-8-10-12-14-16-18-19-20-21-23-24-26-28-30-32-40(44)49-37-38(36-48-35-34-39(42(46)47)43(3,4)5)50-41(45)33-31-29-27-25-22-17-15-13-11-9-7-2/h9,11,15-18,25,27,38-39H,6-8,10,12-14,19-24,26,28-37H2,1-5H3/b11-9+,17-15+,18-16+,27-25+. The van der Waals surface area contributed by atoms with Crippen molar-refractivity contribution in [1.29, 1.82) is 0 Å². The Morgan fingerprint density at radius 1 is 0.620 bits per heavy atom. The van der Waals surface area contributed by atoms with Gasteiger partial charge in [-0.15, -0.1) is 0 Å². The maximum absolute atomic E-state index is 12.6. The normalized spacial score (nSPS) is 13.5. The van der Waals surface area contributed by atoms with E-state index >= 15 is 0 Å². The molecule has 0 aromatic carbocycles. The largest absolute Gasteiger partial charge is 0.544 e. The third kappa shape index (κ3) is 31.3. The minimum absolute atomic E-state index is 0.0182. The Morgan fingerprint density at radius 2 is 1.14 bits per heavy atom. The summed E-state index contributed by atoms with van der Waals surface area (Å²) in [5.74, 6) is -1.82. The number of carbonyl (C=O) groups is 3. The number of carbonyl (C=O) groups excluding carboxylic acids is 3. The Labute approximate surface area is 306 Å². The van der Waals surface area contributed by atoms with E-state index in [2.05, 4.69) is 62.5 Å². The highest BCUT2D eigenvalue weighted by atomic mass is 16.6. The van der Waals surface area contributed by atoms with E-state index in [1.807, 2.05) is 0 Å². The molecule has 0 aliphatic carbocycles. The molecule has 8 heteroatoms. The number of unbranched alkanes of at least 4 members (excludes halogenated alkanes) is 12. The zero-order valence-electron chi connectivity index (χ0n) is 32.5. The number of likely N-dealkylation sites (N-methyl/N-ethyl adjacent to an activating group) is 1. The van der Waals surface area contributed by atoms with Gasteiger partial charge in [0.15, 0.2) is 6.10 Å². The lowest BCUT2D eigenvalue weighted by molar-refractivity contribution is -0.889. The van der Waals surface area contributed by atoms with Gasteiger partial charge in [0, 0.05) is 19.3 Å². The molecule has 0 saturated heterocycles. The number of aliphatic carboxylic acids is 1. The molecule has 0 amide bonds. The molecule has 0 aromatic rings. The van der Waals surface area contributed by atoms with Crippen LogP contribution in [0.2, 0.25) is 0 Å². The van der Waals surface area contributed by atoms with Crippen LogP contribution in [-0.4, -0.2) is 75.5 Å². The summed E-state index contributed by atoms with van der Waals surface area (Å²) in [4.78, 5) is 36.6. The fourth-order valence-corrected chi connectivity index (χ4v) is 5.38. The molecule has 0 spiro atoms. The molecular formula is C42H73NO7. The third-order valence-electron chi connectivity index (χ3n) is 8.45. The van der Waals surface area contributed by atoms with E-state index in [0.29, 0.717) is 12.8 Å². The number of rotatable bonds is 34. The van der Waals surface area contributed by atoms with Crippen molar-refractivity contribution in [2.75, 3.05) is 41.0 Å². The van der Waals surface area contributed by atoms with Gasteiger partial charge in [-0.2, -0.15) is 0 Å². The van der Waals surface area contributed by atoms with E-state index < -0.39 is 18.1 Å². The maximum atomic E-state index is 12.6. The number of hydrogen-bond donors (Lipinski definition) is 0. The zero-order valence-corrected chi connectivity index (χ0v) is 32.5. The van der Waals surface area contributed by atoms with E-state index in [4.69, 9.17) is 14.2 Å². The van der Waals surface area contributed by atoms with Crippen molar-refractivity contribution < 1.29 is 38.2 Å². The van der Waals surface area contributed by atoms with Crippen molar-refractivity contribution >= 4 is 17.9 Å². The topological polar surface area (TPSA) is 102 Å². The van der Waals surface area contributed by atoms with E-state index in [-0.39, 0.29) is 49.1 Å². The average Bonchev–Trinajstić information content (AvgIpc) is 3.06. The van der Waals surface area contributed by atoms with E-state index in [1.54, 1.807) is 21.1 Å². The molecule has 0 heterocycles. The van der Waals surface area contributed by atoms with Crippen LogP contribution in [0.25, 0.3) is 0 Å². The van der Waals surface area contributed by atoms with Gasteiger partial charge < -0.3 is 28.6 Å². The van der Waals surface area contributed by atoms with Crippen LogP contribution in [0.1, 0.15) is 149 Å². The van der Waals surface area contributed by atoms with Gasteiger partial charge in [0.05, 0.1) is 40.3 Å². The van der Waals surface area contributed by atoms with Crippen LogP contribution in [0.4, 0.5) is 0 Å². The van der Waals surface area contributed by atoms with Crippen molar-refractivity contribution in [3.8, 4) is 0 Å². The minimum Gasteiger partial charge on any atom is -0.544 e. The highest BCUT2D eigenvalue weighted by Gasteiger charge is 2.25. The molecule has 0 aromatic heterocycles. The molecule has 0 rings (SSSR count). The quantitative estimate of drug-likeness (QED) is 0.0286. The number of nitrogens with zero attached hydrogens (tertiary/aromatic N) is 1. The molecule has 50 heavy (non-hydrogen) atoms. The zero-order chi connectivity index (χ0) is 37.1. The fourth-order valence-electron chi connectivity index (χ4n) is 5.38. The number of carboxylic acids is 1. The Morgan fingerprint density at radius 3 is 1.74 bits per heavy atom. The Bertz CT molecular complexity index is 964. The van der Waals surface area contributed by atoms with E-state index in [9.17, 15) is 19.5 Å². The molecule has 2 unspecified atom stereocenters. The maximum Gasteiger partial charge on any atom is 0.306 e. The second-order valence-corrected chi connectivity index (χ2v) is 14.1. The van der Waals surface area contributed by atoms with Gasteiger partial charge >= 0.3 is 11.9 Å². The van der Waals surface area contributed by atoms with E-state index in [1.165, 1.54) is 64.2 Å². The lowest BCUT2D eigenvalue weighted by Crippen LogP contribution is -2.55. The van der Waals surface area contributed by atoms with Crippen LogP contribution < -0.4 is 5.11 Å². The van der Waals surface area contributed by atoms with Crippen molar-refractivity contribution in [3.05, 3.63) is 48.6 Å². The minimum atomic E-state index is -1.14. The number of carboxylic acid groups (broad SMARTS) is 1. The molecule has 0 saturated carbocycles. The predicted molar refractivity (Wildman–Crippen MR) is 203 cm³/mol. The van der Waals surface area contributed by atoms with Crippen LogP contribution >= 0.6 is 0 Å². The molecule has 0 fully saturated rings. The summed E-state index contributed by atoms with van der Waals surface area (Å²) >= 11 is 0. The Balaban J connectivity index is 4.45. The van der Waals surface area contributed by atoms with Crippen LogP contribution in [0.3, 0.4) is 0 Å². The van der Waals surface area contributed by atoms with Gasteiger partial charge in [0.2, 0.25) is 0 Å². The van der Waals surface area contributed by atoms with Gasteiger partial charge in [0.1, 0.15) is 12.6 Å². The number of allylic oxidation sites excluding steroid dienone is 8. The first-order valence-corrected chi connectivity index (χ1v) is 19.7. The lowest BCUT2D eigenvalue weighted by Gasteiger charge is -2.34. The summed E-state index contributed by atoms with van der Waals surface area (Å²) in [6, 6.07) is -0.734. The summed E-state index contributed by atoms with van der Waals surface area (Å²) in [6.45, 7) is 4.45. The average molecular weight is 704 g/mol.